The quantitative estimate of drug-likeness (QED) is 0.301. The van der Waals surface area contributed by atoms with Crippen molar-refractivity contribution in [1.29, 1.82) is 10.9 Å². The maximum absolute atomic E-state index is 14.8. The highest BCUT2D eigenvalue weighted by atomic mass is 32.2. The second-order valence-corrected chi connectivity index (χ2v) is 8.77. The van der Waals surface area contributed by atoms with Crippen LogP contribution in [0.25, 0.3) is 0 Å². The largest absolute Gasteiger partial charge is 0.359 e. The number of hydrogen-bond acceptors (Lipinski definition) is 6. The molecule has 1 saturated heterocycles. The molecule has 1 aromatic carbocycles. The zero-order valence-corrected chi connectivity index (χ0v) is 17.9. The van der Waals surface area contributed by atoms with Gasteiger partial charge in [0.1, 0.15) is 5.82 Å². The lowest BCUT2D eigenvalue weighted by Gasteiger charge is -2.36. The summed E-state index contributed by atoms with van der Waals surface area (Å²) in [4.78, 5) is 6.51. The Balaban J connectivity index is 1.78. The number of pyridine rings is 1. The van der Waals surface area contributed by atoms with Gasteiger partial charge in [-0.25, -0.2) is 14.2 Å². The van der Waals surface area contributed by atoms with Gasteiger partial charge in [-0.1, -0.05) is 25.8 Å². The average molecular weight is 415 g/mol. The summed E-state index contributed by atoms with van der Waals surface area (Å²) >= 11 is 1.67. The van der Waals surface area contributed by atoms with Crippen LogP contribution in [-0.2, 0) is 13.0 Å². The number of hydrogen-bond donors (Lipinski definition) is 2. The Bertz CT molecular complexity index is 893. The summed E-state index contributed by atoms with van der Waals surface area (Å²) in [7, 11) is 0. The van der Waals surface area contributed by atoms with Gasteiger partial charge in [-0.15, -0.1) is 5.11 Å². The first-order valence-electron chi connectivity index (χ1n) is 9.70. The molecule has 8 heteroatoms. The van der Waals surface area contributed by atoms with Crippen molar-refractivity contribution in [1.82, 2.24) is 9.29 Å². The van der Waals surface area contributed by atoms with Gasteiger partial charge in [-0.2, -0.15) is 0 Å². The van der Waals surface area contributed by atoms with Gasteiger partial charge in [-0.3, -0.25) is 10.4 Å². The molecule has 0 unspecified atom stereocenters. The van der Waals surface area contributed by atoms with Gasteiger partial charge in [0.2, 0.25) is 0 Å². The van der Waals surface area contributed by atoms with E-state index in [1.807, 2.05) is 18.3 Å². The molecule has 1 aromatic heterocycles. The molecule has 2 heterocycles. The molecule has 0 bridgehead atoms. The first-order chi connectivity index (χ1) is 13.9. The summed E-state index contributed by atoms with van der Waals surface area (Å²) in [5.74, 6) is 0.233. The van der Waals surface area contributed by atoms with Crippen molar-refractivity contribution < 1.29 is 4.39 Å². The van der Waals surface area contributed by atoms with E-state index in [1.165, 1.54) is 11.6 Å². The van der Waals surface area contributed by atoms with E-state index in [0.29, 0.717) is 24.0 Å². The predicted molar refractivity (Wildman–Crippen MR) is 116 cm³/mol. The lowest BCUT2D eigenvalue weighted by Crippen LogP contribution is -2.39. The van der Waals surface area contributed by atoms with E-state index in [0.717, 1.165) is 30.8 Å². The van der Waals surface area contributed by atoms with Crippen molar-refractivity contribution in [2.75, 3.05) is 23.9 Å². The van der Waals surface area contributed by atoms with Crippen LogP contribution in [0.15, 0.2) is 35.6 Å². The fourth-order valence-electron chi connectivity index (χ4n) is 3.47. The number of rotatable bonds is 6. The molecule has 1 aliphatic heterocycles. The minimum atomic E-state index is -0.476. The number of anilines is 1. The van der Waals surface area contributed by atoms with Crippen LogP contribution >= 0.6 is 11.9 Å². The van der Waals surface area contributed by atoms with Gasteiger partial charge in [0.25, 0.3) is 0 Å². The van der Waals surface area contributed by atoms with Crippen LogP contribution in [0, 0.1) is 29.6 Å². The van der Waals surface area contributed by atoms with Crippen LogP contribution in [0.4, 0.5) is 10.1 Å². The van der Waals surface area contributed by atoms with E-state index in [2.05, 4.69) is 46.1 Å². The maximum Gasteiger partial charge on any atom is 0.178 e. The van der Waals surface area contributed by atoms with Crippen LogP contribution in [0.2, 0.25) is 0 Å². The molecule has 2 N–H and O–H groups in total. The number of nitrogens with one attached hydrogen (secondary N) is 2. The Labute approximate surface area is 175 Å². The Morgan fingerprint density at radius 2 is 2.10 bits per heavy atom. The van der Waals surface area contributed by atoms with Crippen molar-refractivity contribution in [3.05, 3.63) is 58.7 Å². The fourth-order valence-corrected chi connectivity index (χ4v) is 4.47. The van der Waals surface area contributed by atoms with Crippen molar-refractivity contribution in [2.24, 2.45) is 11.0 Å². The van der Waals surface area contributed by atoms with Crippen molar-refractivity contribution in [2.45, 2.75) is 33.7 Å². The highest BCUT2D eigenvalue weighted by Gasteiger charge is 2.24. The van der Waals surface area contributed by atoms with E-state index in [9.17, 15) is 4.39 Å². The zero-order valence-electron chi connectivity index (χ0n) is 17.1. The molecule has 1 fully saturated rings. The molecule has 1 aliphatic rings. The lowest BCUT2D eigenvalue weighted by atomic mass is 9.99. The van der Waals surface area contributed by atoms with Crippen LogP contribution < -0.4 is 4.90 Å². The molecule has 0 radical (unpaired) electrons. The normalized spacial score (nSPS) is 15.0. The minimum absolute atomic E-state index is 0.113. The summed E-state index contributed by atoms with van der Waals surface area (Å²) in [5, 5.41) is 11.1. The van der Waals surface area contributed by atoms with E-state index in [4.69, 9.17) is 10.9 Å². The van der Waals surface area contributed by atoms with Crippen molar-refractivity contribution >= 4 is 23.5 Å². The molecule has 3 rings (SSSR count). The third kappa shape index (κ3) is 5.39. The molecule has 0 saturated carbocycles. The summed E-state index contributed by atoms with van der Waals surface area (Å²) < 4.78 is 17.1. The second kappa shape index (κ2) is 9.45. The summed E-state index contributed by atoms with van der Waals surface area (Å²) in [6, 6.07) is 7.51. The monoisotopic (exact) mass is 414 g/mol. The number of benzene rings is 1. The highest BCUT2D eigenvalue weighted by Crippen LogP contribution is 2.31. The number of nitrogens with zero attached hydrogens (tertiary/aromatic N) is 4. The maximum atomic E-state index is 14.8. The Morgan fingerprint density at radius 3 is 2.72 bits per heavy atom. The molecule has 0 amide bonds. The summed E-state index contributed by atoms with van der Waals surface area (Å²) in [6.45, 7) is 8.51. The predicted octanol–water partition coefficient (Wildman–Crippen LogP) is 5.01. The van der Waals surface area contributed by atoms with Gasteiger partial charge in [0.05, 0.1) is 29.4 Å². The number of amidine groups is 1. The van der Waals surface area contributed by atoms with E-state index in [-0.39, 0.29) is 11.4 Å². The molecular weight excluding hydrogens is 387 g/mol. The second-order valence-electron chi connectivity index (χ2n) is 7.74. The third-order valence-corrected chi connectivity index (χ3v) is 5.89. The Kier molecular flexibility index (Phi) is 6.97. The van der Waals surface area contributed by atoms with Crippen LogP contribution in [0.5, 0.6) is 0 Å². The molecule has 29 heavy (non-hydrogen) atoms. The zero-order chi connectivity index (χ0) is 21.0. The minimum Gasteiger partial charge on any atom is -0.359 e. The molecule has 6 nitrogen and oxygen atoms in total. The first kappa shape index (κ1) is 21.4. The first-order valence-corrected chi connectivity index (χ1v) is 10.6. The van der Waals surface area contributed by atoms with Crippen LogP contribution in [-0.4, -0.2) is 34.1 Å². The molecule has 0 aliphatic carbocycles. The van der Waals surface area contributed by atoms with Crippen LogP contribution in [0.1, 0.15) is 36.2 Å². The average Bonchev–Trinajstić information content (AvgIpc) is 2.67. The Morgan fingerprint density at radius 1 is 1.31 bits per heavy atom. The third-order valence-electron chi connectivity index (χ3n) is 4.79. The molecular formula is C21H27FN6S. The molecule has 154 valence electrons. The van der Waals surface area contributed by atoms with Gasteiger partial charge in [0, 0.05) is 19.3 Å². The SMILES string of the molecule is Cc1ccnc(CN2CCN(c3cc(CC(C)C)cc(F)c3C(=N)N=N)CS2)c1. The van der Waals surface area contributed by atoms with Gasteiger partial charge in [0.15, 0.2) is 5.84 Å². The van der Waals surface area contributed by atoms with E-state index < -0.39 is 5.82 Å². The topological polar surface area (TPSA) is 79.4 Å². The highest BCUT2D eigenvalue weighted by molar-refractivity contribution is 7.97. The Hall–Kier alpha value is -2.32. The van der Waals surface area contributed by atoms with E-state index >= 15 is 0 Å². The molecule has 0 spiro atoms. The van der Waals surface area contributed by atoms with Crippen molar-refractivity contribution in [3.8, 4) is 0 Å². The lowest BCUT2D eigenvalue weighted by molar-refractivity contribution is 0.451. The van der Waals surface area contributed by atoms with Crippen LogP contribution in [0.3, 0.4) is 0 Å². The van der Waals surface area contributed by atoms with Crippen molar-refractivity contribution in [3.63, 3.8) is 0 Å². The molecule has 2 aromatic rings. The van der Waals surface area contributed by atoms with Gasteiger partial charge in [-0.05, 0) is 54.7 Å². The summed E-state index contributed by atoms with van der Waals surface area (Å²) in [6.07, 6.45) is 2.60. The van der Waals surface area contributed by atoms with Gasteiger partial charge < -0.3 is 4.90 Å². The summed E-state index contributed by atoms with van der Waals surface area (Å²) in [5.41, 5.74) is 11.1. The fraction of sp³-hybridized carbons (Fsp3) is 0.429. The smallest absolute Gasteiger partial charge is 0.178 e. The van der Waals surface area contributed by atoms with Gasteiger partial charge >= 0.3 is 0 Å². The number of aromatic nitrogens is 1. The van der Waals surface area contributed by atoms with E-state index in [1.54, 1.807) is 11.9 Å². The standard InChI is InChI=1S/C21H27FN6S/c1-14(2)8-16-10-18(22)20(21(23)26-24)19(11-16)27-6-7-28(29-13-27)12-17-9-15(3)4-5-25-17/h4-5,9-11,14,23-24H,6-8,12-13H2,1-3H3. The number of halogens is 1. The number of aryl methyl sites for hydroxylation is 1. The molecule has 0 atom stereocenters.